The van der Waals surface area contributed by atoms with Gasteiger partial charge in [0.25, 0.3) is 0 Å². The van der Waals surface area contributed by atoms with Crippen molar-refractivity contribution in [3.8, 4) is 0 Å². The first-order chi connectivity index (χ1) is 10.2. The van der Waals surface area contributed by atoms with Crippen molar-refractivity contribution in [2.45, 2.75) is 58.8 Å². The second-order valence-corrected chi connectivity index (χ2v) is 8.00. The predicted octanol–water partition coefficient (Wildman–Crippen LogP) is 4.48. The van der Waals surface area contributed by atoms with Gasteiger partial charge in [-0.1, -0.05) is 12.8 Å². The molecule has 1 aliphatic rings. The number of rotatable bonds is 9. The van der Waals surface area contributed by atoms with E-state index >= 15 is 0 Å². The Morgan fingerprint density at radius 1 is 1.19 bits per heavy atom. The van der Waals surface area contributed by atoms with Gasteiger partial charge in [0.2, 0.25) is 0 Å². The van der Waals surface area contributed by atoms with Crippen LogP contribution in [0.25, 0.3) is 0 Å². The van der Waals surface area contributed by atoms with Crippen LogP contribution in [-0.2, 0) is 11.2 Å². The number of aryl methyl sites for hydroxylation is 3. The zero-order valence-electron chi connectivity index (χ0n) is 14.0. The molecule has 1 fully saturated rings. The summed E-state index contributed by atoms with van der Waals surface area (Å²) in [5.74, 6) is 0. The van der Waals surface area contributed by atoms with E-state index in [1.807, 2.05) is 11.3 Å². The molecule has 0 amide bonds. The fourth-order valence-corrected chi connectivity index (χ4v) is 4.77. The third kappa shape index (κ3) is 5.08. The molecule has 2 nitrogen and oxygen atoms in total. The molecule has 0 atom stereocenters. The van der Waals surface area contributed by atoms with E-state index < -0.39 is 0 Å². The lowest BCUT2D eigenvalue weighted by Gasteiger charge is -2.29. The van der Waals surface area contributed by atoms with Gasteiger partial charge in [-0.15, -0.1) is 11.3 Å². The summed E-state index contributed by atoms with van der Waals surface area (Å²) in [4.78, 5) is 3.08. The van der Waals surface area contributed by atoms with E-state index in [4.69, 9.17) is 4.74 Å². The van der Waals surface area contributed by atoms with Crippen molar-refractivity contribution in [1.82, 2.24) is 5.32 Å². The van der Waals surface area contributed by atoms with Gasteiger partial charge >= 0.3 is 0 Å². The average molecular weight is 310 g/mol. The minimum atomic E-state index is 0.602. The highest BCUT2D eigenvalue weighted by molar-refractivity contribution is 7.12. The Balaban J connectivity index is 1.82. The van der Waals surface area contributed by atoms with Crippen LogP contribution >= 0.6 is 11.3 Å². The Morgan fingerprint density at radius 3 is 2.57 bits per heavy atom. The first-order valence-electron chi connectivity index (χ1n) is 8.41. The van der Waals surface area contributed by atoms with Crippen LogP contribution in [0.15, 0.2) is 6.07 Å². The van der Waals surface area contributed by atoms with E-state index in [-0.39, 0.29) is 0 Å². The summed E-state index contributed by atoms with van der Waals surface area (Å²) < 4.78 is 5.10. The van der Waals surface area contributed by atoms with Crippen molar-refractivity contribution in [3.05, 3.63) is 21.4 Å². The Labute approximate surface area is 134 Å². The largest absolute Gasteiger partial charge is 0.383 e. The number of ether oxygens (including phenoxy) is 1. The maximum atomic E-state index is 5.10. The summed E-state index contributed by atoms with van der Waals surface area (Å²) in [6.07, 6.45) is 9.72. The molecule has 0 radical (unpaired) electrons. The van der Waals surface area contributed by atoms with Crippen LogP contribution in [0.4, 0.5) is 0 Å². The molecular formula is C18H31NOS. The van der Waals surface area contributed by atoms with Gasteiger partial charge in [0.05, 0.1) is 6.61 Å². The van der Waals surface area contributed by atoms with Crippen LogP contribution in [0, 0.1) is 19.3 Å². The van der Waals surface area contributed by atoms with Crippen molar-refractivity contribution in [2.75, 3.05) is 26.8 Å². The number of hydrogen-bond donors (Lipinski definition) is 1. The maximum Gasteiger partial charge on any atom is 0.0587 e. The predicted molar refractivity (Wildman–Crippen MR) is 92.4 cm³/mol. The molecule has 0 saturated heterocycles. The molecule has 21 heavy (non-hydrogen) atoms. The third-order valence-electron chi connectivity index (χ3n) is 5.01. The van der Waals surface area contributed by atoms with E-state index in [1.54, 1.807) is 12.0 Å². The molecule has 1 aromatic rings. The molecule has 1 heterocycles. The van der Waals surface area contributed by atoms with Crippen LogP contribution in [0.3, 0.4) is 0 Å². The number of hydrogen-bond acceptors (Lipinski definition) is 3. The molecule has 1 aromatic heterocycles. The van der Waals surface area contributed by atoms with Crippen LogP contribution in [0.1, 0.15) is 53.8 Å². The molecule has 0 aromatic carbocycles. The summed E-state index contributed by atoms with van der Waals surface area (Å²) in [7, 11) is 1.77. The van der Waals surface area contributed by atoms with Crippen LogP contribution in [0.5, 0.6) is 0 Å². The smallest absolute Gasteiger partial charge is 0.0587 e. The van der Waals surface area contributed by atoms with Crippen molar-refractivity contribution < 1.29 is 4.74 Å². The molecular weight excluding hydrogens is 278 g/mol. The van der Waals surface area contributed by atoms with Gasteiger partial charge in [0.15, 0.2) is 0 Å². The van der Waals surface area contributed by atoms with Gasteiger partial charge in [-0.05, 0) is 69.5 Å². The fraction of sp³-hybridized carbons (Fsp3) is 0.778. The average Bonchev–Trinajstić information content (AvgIpc) is 3.04. The van der Waals surface area contributed by atoms with E-state index in [1.165, 1.54) is 55.4 Å². The topological polar surface area (TPSA) is 21.3 Å². The maximum absolute atomic E-state index is 5.10. The lowest BCUT2D eigenvalue weighted by molar-refractivity contribution is 0.194. The highest BCUT2D eigenvalue weighted by atomic mass is 32.1. The van der Waals surface area contributed by atoms with E-state index in [9.17, 15) is 0 Å². The Bertz CT molecular complexity index is 421. The number of nitrogens with one attached hydrogen (secondary N) is 1. The molecule has 0 unspecified atom stereocenters. The van der Waals surface area contributed by atoms with E-state index in [0.717, 1.165) is 19.7 Å². The summed E-state index contributed by atoms with van der Waals surface area (Å²) in [5.41, 5.74) is 2.11. The van der Waals surface area contributed by atoms with E-state index in [0.29, 0.717) is 5.41 Å². The second kappa shape index (κ2) is 8.30. The van der Waals surface area contributed by atoms with Crippen LogP contribution < -0.4 is 5.32 Å². The molecule has 0 spiro atoms. The molecule has 1 saturated carbocycles. The van der Waals surface area contributed by atoms with Gasteiger partial charge in [-0.2, -0.15) is 0 Å². The monoisotopic (exact) mass is 309 g/mol. The highest BCUT2D eigenvalue weighted by Crippen LogP contribution is 2.45. The van der Waals surface area contributed by atoms with Crippen LogP contribution in [0.2, 0.25) is 0 Å². The molecule has 0 aliphatic heterocycles. The normalized spacial score (nSPS) is 17.5. The standard InChI is InChI=1S/C18H31NOS/c1-15-14-16(2)21-17(15)6-9-18(7-4-5-8-18)10-11-19-12-13-20-3/h14,19H,4-13H2,1-3H3. The molecule has 3 heteroatoms. The Morgan fingerprint density at radius 2 is 1.95 bits per heavy atom. The quantitative estimate of drug-likeness (QED) is 0.679. The van der Waals surface area contributed by atoms with Gasteiger partial charge in [-0.3, -0.25) is 0 Å². The van der Waals surface area contributed by atoms with Crippen molar-refractivity contribution >= 4 is 11.3 Å². The van der Waals surface area contributed by atoms with Gasteiger partial charge in [0.1, 0.15) is 0 Å². The van der Waals surface area contributed by atoms with Gasteiger partial charge < -0.3 is 10.1 Å². The number of methoxy groups -OCH3 is 1. The fourth-order valence-electron chi connectivity index (χ4n) is 3.72. The van der Waals surface area contributed by atoms with Gasteiger partial charge in [0, 0.05) is 23.4 Å². The summed E-state index contributed by atoms with van der Waals surface area (Å²) in [6.45, 7) is 7.45. The zero-order chi connectivity index (χ0) is 15.1. The minimum Gasteiger partial charge on any atom is -0.383 e. The molecule has 1 N–H and O–H groups in total. The summed E-state index contributed by atoms with van der Waals surface area (Å²) in [6, 6.07) is 2.34. The highest BCUT2D eigenvalue weighted by Gasteiger charge is 2.32. The summed E-state index contributed by atoms with van der Waals surface area (Å²) in [5, 5.41) is 3.53. The molecule has 120 valence electrons. The summed E-state index contributed by atoms with van der Waals surface area (Å²) >= 11 is 2.00. The molecule has 1 aliphatic carbocycles. The lowest BCUT2D eigenvalue weighted by Crippen LogP contribution is -2.27. The first-order valence-corrected chi connectivity index (χ1v) is 9.22. The first kappa shape index (κ1) is 17.0. The molecule has 0 bridgehead atoms. The van der Waals surface area contributed by atoms with Crippen molar-refractivity contribution in [1.29, 1.82) is 0 Å². The lowest BCUT2D eigenvalue weighted by atomic mass is 9.78. The third-order valence-corrected chi connectivity index (χ3v) is 6.22. The Hall–Kier alpha value is -0.380. The zero-order valence-corrected chi connectivity index (χ0v) is 14.8. The van der Waals surface area contributed by atoms with Crippen LogP contribution in [-0.4, -0.2) is 26.8 Å². The Kier molecular flexibility index (Phi) is 6.72. The molecule has 2 rings (SSSR count). The van der Waals surface area contributed by atoms with E-state index in [2.05, 4.69) is 25.2 Å². The van der Waals surface area contributed by atoms with Crippen molar-refractivity contribution in [2.24, 2.45) is 5.41 Å². The minimum absolute atomic E-state index is 0.602. The second-order valence-electron chi connectivity index (χ2n) is 6.66. The number of thiophene rings is 1. The SMILES string of the molecule is COCCNCCC1(CCc2sc(C)cc2C)CCCC1. The van der Waals surface area contributed by atoms with Crippen molar-refractivity contribution in [3.63, 3.8) is 0 Å². The van der Waals surface area contributed by atoms with Gasteiger partial charge in [-0.25, -0.2) is 0 Å².